The Morgan fingerprint density at radius 3 is 2.72 bits per heavy atom. The van der Waals surface area contributed by atoms with Crippen LogP contribution in [0.4, 0.5) is 11.4 Å². The Labute approximate surface area is 118 Å². The summed E-state index contributed by atoms with van der Waals surface area (Å²) < 4.78 is 0.991. The molecule has 0 spiro atoms. The SMILES string of the molecule is CCCC(CCO)CNc1cc(C)c(N)cc1Br. The first-order chi connectivity index (χ1) is 8.58. The number of aliphatic hydroxyl groups excluding tert-OH is 1. The zero-order valence-electron chi connectivity index (χ0n) is 11.2. The van der Waals surface area contributed by atoms with Crippen molar-refractivity contribution in [2.24, 2.45) is 5.92 Å². The maximum atomic E-state index is 9.04. The highest BCUT2D eigenvalue weighted by Gasteiger charge is 2.09. The van der Waals surface area contributed by atoms with Gasteiger partial charge in [-0.3, -0.25) is 0 Å². The van der Waals surface area contributed by atoms with Crippen LogP contribution in [0.15, 0.2) is 16.6 Å². The molecule has 0 radical (unpaired) electrons. The maximum Gasteiger partial charge on any atom is 0.0488 e. The molecule has 3 nitrogen and oxygen atoms in total. The van der Waals surface area contributed by atoms with Crippen molar-refractivity contribution < 1.29 is 5.11 Å². The number of aliphatic hydroxyl groups is 1. The van der Waals surface area contributed by atoms with Gasteiger partial charge in [-0.1, -0.05) is 13.3 Å². The van der Waals surface area contributed by atoms with E-state index >= 15 is 0 Å². The van der Waals surface area contributed by atoms with Crippen molar-refractivity contribution >= 4 is 27.3 Å². The van der Waals surface area contributed by atoms with Gasteiger partial charge in [-0.15, -0.1) is 0 Å². The highest BCUT2D eigenvalue weighted by Crippen LogP contribution is 2.28. The number of nitrogens with one attached hydrogen (secondary N) is 1. The van der Waals surface area contributed by atoms with Crippen LogP contribution in [0.1, 0.15) is 31.7 Å². The number of halogens is 1. The second-order valence-electron chi connectivity index (χ2n) is 4.74. The van der Waals surface area contributed by atoms with Gasteiger partial charge in [0.2, 0.25) is 0 Å². The van der Waals surface area contributed by atoms with E-state index in [9.17, 15) is 0 Å². The Morgan fingerprint density at radius 1 is 1.39 bits per heavy atom. The average Bonchev–Trinajstić information content (AvgIpc) is 2.32. The van der Waals surface area contributed by atoms with Crippen LogP contribution in [-0.2, 0) is 0 Å². The molecule has 0 amide bonds. The molecule has 1 aromatic carbocycles. The van der Waals surface area contributed by atoms with Crippen molar-refractivity contribution in [3.63, 3.8) is 0 Å². The third kappa shape index (κ3) is 4.50. The number of rotatable bonds is 7. The number of benzene rings is 1. The van der Waals surface area contributed by atoms with E-state index in [-0.39, 0.29) is 6.61 Å². The summed E-state index contributed by atoms with van der Waals surface area (Å²) in [6.45, 7) is 5.32. The summed E-state index contributed by atoms with van der Waals surface area (Å²) in [5.41, 5.74) is 8.80. The second kappa shape index (κ2) is 7.64. The van der Waals surface area contributed by atoms with Gasteiger partial charge in [0, 0.05) is 29.0 Å². The summed E-state index contributed by atoms with van der Waals surface area (Å²) in [4.78, 5) is 0. The normalized spacial score (nSPS) is 12.4. The molecule has 102 valence electrons. The van der Waals surface area contributed by atoms with E-state index in [0.29, 0.717) is 5.92 Å². The second-order valence-corrected chi connectivity index (χ2v) is 5.59. The fraction of sp³-hybridized carbons (Fsp3) is 0.571. The monoisotopic (exact) mass is 314 g/mol. The summed E-state index contributed by atoms with van der Waals surface area (Å²) in [6.07, 6.45) is 3.14. The number of aryl methyl sites for hydroxylation is 1. The molecule has 0 aliphatic rings. The summed E-state index contributed by atoms with van der Waals surface area (Å²) in [5.74, 6) is 0.518. The van der Waals surface area contributed by atoms with Crippen molar-refractivity contribution in [1.82, 2.24) is 0 Å². The van der Waals surface area contributed by atoms with E-state index in [1.54, 1.807) is 0 Å². The first kappa shape index (κ1) is 15.3. The van der Waals surface area contributed by atoms with E-state index in [1.165, 1.54) is 0 Å². The van der Waals surface area contributed by atoms with Crippen LogP contribution in [0.2, 0.25) is 0 Å². The molecule has 0 aromatic heterocycles. The minimum absolute atomic E-state index is 0.258. The highest BCUT2D eigenvalue weighted by atomic mass is 79.9. The lowest BCUT2D eigenvalue weighted by molar-refractivity contribution is 0.255. The van der Waals surface area contributed by atoms with E-state index in [0.717, 1.165) is 47.2 Å². The number of nitrogen functional groups attached to an aromatic ring is 1. The summed E-state index contributed by atoms with van der Waals surface area (Å²) >= 11 is 3.52. The smallest absolute Gasteiger partial charge is 0.0488 e. The predicted molar refractivity (Wildman–Crippen MR) is 81.9 cm³/mol. The largest absolute Gasteiger partial charge is 0.398 e. The Balaban J connectivity index is 2.64. The maximum absolute atomic E-state index is 9.04. The topological polar surface area (TPSA) is 58.3 Å². The molecule has 0 fully saturated rings. The van der Waals surface area contributed by atoms with Gasteiger partial charge >= 0.3 is 0 Å². The van der Waals surface area contributed by atoms with Crippen molar-refractivity contribution in [2.75, 3.05) is 24.2 Å². The van der Waals surface area contributed by atoms with Crippen LogP contribution in [0.5, 0.6) is 0 Å². The van der Waals surface area contributed by atoms with Gasteiger partial charge in [0.15, 0.2) is 0 Å². The molecule has 0 saturated heterocycles. The molecule has 4 N–H and O–H groups in total. The molecular formula is C14H23BrN2O. The van der Waals surface area contributed by atoms with Crippen LogP contribution in [0, 0.1) is 12.8 Å². The lowest BCUT2D eigenvalue weighted by atomic mass is 10.00. The molecule has 1 rings (SSSR count). The van der Waals surface area contributed by atoms with Gasteiger partial charge in [0.05, 0.1) is 0 Å². The lowest BCUT2D eigenvalue weighted by Crippen LogP contribution is -2.16. The first-order valence-electron chi connectivity index (χ1n) is 6.48. The zero-order valence-corrected chi connectivity index (χ0v) is 12.8. The fourth-order valence-electron chi connectivity index (χ4n) is 2.03. The number of nitrogens with two attached hydrogens (primary N) is 1. The number of hydrogen-bond donors (Lipinski definition) is 3. The fourth-order valence-corrected chi connectivity index (χ4v) is 2.53. The van der Waals surface area contributed by atoms with E-state index < -0.39 is 0 Å². The molecule has 18 heavy (non-hydrogen) atoms. The summed E-state index contributed by atoms with van der Waals surface area (Å²) in [7, 11) is 0. The molecule has 1 unspecified atom stereocenters. The number of anilines is 2. The Bertz CT molecular complexity index is 376. The van der Waals surface area contributed by atoms with Crippen molar-refractivity contribution in [2.45, 2.75) is 33.1 Å². The van der Waals surface area contributed by atoms with Crippen molar-refractivity contribution in [3.05, 3.63) is 22.2 Å². The third-order valence-corrected chi connectivity index (χ3v) is 3.83. The molecule has 0 aliphatic carbocycles. The van der Waals surface area contributed by atoms with Crippen LogP contribution in [-0.4, -0.2) is 18.3 Å². The minimum Gasteiger partial charge on any atom is -0.398 e. The standard InChI is InChI=1S/C14H23BrN2O/c1-3-4-11(5-6-18)9-17-14-7-10(2)13(16)8-12(14)15/h7-8,11,17-18H,3-6,9,16H2,1-2H3. The predicted octanol–water partition coefficient (Wildman–Crippen LogP) is 3.55. The van der Waals surface area contributed by atoms with Gasteiger partial charge in [0.1, 0.15) is 0 Å². The van der Waals surface area contributed by atoms with Gasteiger partial charge in [-0.05, 0) is 59.3 Å². The molecule has 0 bridgehead atoms. The van der Waals surface area contributed by atoms with E-state index in [2.05, 4.69) is 34.2 Å². The Kier molecular flexibility index (Phi) is 6.50. The molecule has 0 saturated carbocycles. The van der Waals surface area contributed by atoms with Crippen LogP contribution < -0.4 is 11.1 Å². The first-order valence-corrected chi connectivity index (χ1v) is 7.28. The van der Waals surface area contributed by atoms with Gasteiger partial charge in [-0.2, -0.15) is 0 Å². The highest BCUT2D eigenvalue weighted by molar-refractivity contribution is 9.10. The third-order valence-electron chi connectivity index (χ3n) is 3.17. The molecule has 0 heterocycles. The van der Waals surface area contributed by atoms with Crippen molar-refractivity contribution in [3.8, 4) is 0 Å². The molecule has 1 atom stereocenters. The van der Waals surface area contributed by atoms with E-state index in [1.807, 2.05) is 13.0 Å². The molecule has 4 heteroatoms. The number of hydrogen-bond acceptors (Lipinski definition) is 3. The molecule has 1 aromatic rings. The summed E-state index contributed by atoms with van der Waals surface area (Å²) in [5, 5.41) is 12.5. The Morgan fingerprint density at radius 2 is 2.11 bits per heavy atom. The van der Waals surface area contributed by atoms with Crippen LogP contribution >= 0.6 is 15.9 Å². The molecular weight excluding hydrogens is 292 g/mol. The summed E-state index contributed by atoms with van der Waals surface area (Å²) in [6, 6.07) is 3.99. The van der Waals surface area contributed by atoms with Gasteiger partial charge in [-0.25, -0.2) is 0 Å². The average molecular weight is 315 g/mol. The zero-order chi connectivity index (χ0) is 13.5. The van der Waals surface area contributed by atoms with Gasteiger partial charge in [0.25, 0.3) is 0 Å². The minimum atomic E-state index is 0.258. The quantitative estimate of drug-likeness (QED) is 0.674. The van der Waals surface area contributed by atoms with Gasteiger partial charge < -0.3 is 16.2 Å². The molecule has 0 aliphatic heterocycles. The Hall–Kier alpha value is -0.740. The van der Waals surface area contributed by atoms with Crippen LogP contribution in [0.3, 0.4) is 0 Å². The van der Waals surface area contributed by atoms with Crippen molar-refractivity contribution in [1.29, 1.82) is 0 Å². The van der Waals surface area contributed by atoms with E-state index in [4.69, 9.17) is 10.8 Å². The lowest BCUT2D eigenvalue weighted by Gasteiger charge is -2.18. The van der Waals surface area contributed by atoms with Crippen LogP contribution in [0.25, 0.3) is 0 Å².